The summed E-state index contributed by atoms with van der Waals surface area (Å²) in [6.45, 7) is 6.30. The number of rotatable bonds is 3. The lowest BCUT2D eigenvalue weighted by molar-refractivity contribution is 0.248. The maximum atomic E-state index is 6.58. The number of alkyl halides is 1. The minimum atomic E-state index is -2.47. The van der Waals surface area contributed by atoms with Gasteiger partial charge in [-0.25, -0.2) is 0 Å². The number of thiophene rings is 2. The molecule has 9 heteroatoms. The molecule has 0 amide bonds. The van der Waals surface area contributed by atoms with Crippen LogP contribution < -0.4 is 9.00 Å². The highest BCUT2D eigenvalue weighted by Gasteiger charge is 2.59. The van der Waals surface area contributed by atoms with E-state index < -0.39 is 25.7 Å². The second-order valence-corrected chi connectivity index (χ2v) is 18.7. The minimum absolute atomic E-state index is 0.429. The second-order valence-electron chi connectivity index (χ2n) is 5.42. The summed E-state index contributed by atoms with van der Waals surface area (Å²) in [6, 6.07) is 8.30. The van der Waals surface area contributed by atoms with E-state index in [-0.39, 0.29) is 0 Å². The molecule has 3 rings (SSSR count). The highest BCUT2D eigenvalue weighted by Crippen LogP contribution is 2.32. The summed E-state index contributed by atoms with van der Waals surface area (Å²) in [5.41, 5.74) is 0.429. The van der Waals surface area contributed by atoms with Crippen LogP contribution in [0.1, 0.15) is 0 Å². The second kappa shape index (κ2) is 5.69. The fraction of sp³-hybridized carbons (Fsp3) is 0.333. The third-order valence-corrected chi connectivity index (χ3v) is 21.4. The third kappa shape index (κ3) is 3.01. The highest BCUT2D eigenvalue weighted by molar-refractivity contribution is 7.28. The maximum Gasteiger partial charge on any atom is 0.362 e. The molecule has 1 aliphatic rings. The molecule has 3 heterocycles. The summed E-state index contributed by atoms with van der Waals surface area (Å²) in [5.74, 6) is 0. The molecule has 0 spiro atoms. The molecule has 1 saturated heterocycles. The molecular formula is C12H17ClO3S2Si3. The van der Waals surface area contributed by atoms with Gasteiger partial charge in [-0.1, -0.05) is 12.1 Å². The smallest absolute Gasteiger partial charge is 0.362 e. The highest BCUT2D eigenvalue weighted by atomic mass is 35.5. The van der Waals surface area contributed by atoms with Crippen LogP contribution in [0, 0.1) is 0 Å². The van der Waals surface area contributed by atoms with Crippen molar-refractivity contribution in [2.45, 2.75) is 19.6 Å². The number of hydrogen-bond donors (Lipinski definition) is 0. The van der Waals surface area contributed by atoms with E-state index in [2.05, 4.69) is 42.5 Å². The first kappa shape index (κ1) is 16.1. The predicted molar refractivity (Wildman–Crippen MR) is 96.7 cm³/mol. The van der Waals surface area contributed by atoms with Crippen molar-refractivity contribution >= 4 is 69.0 Å². The van der Waals surface area contributed by atoms with Crippen molar-refractivity contribution in [3.8, 4) is 0 Å². The molecule has 0 aliphatic carbocycles. The van der Waals surface area contributed by atoms with Crippen LogP contribution in [0.5, 0.6) is 0 Å². The van der Waals surface area contributed by atoms with Crippen molar-refractivity contribution in [2.75, 3.05) is 5.50 Å². The monoisotopic (exact) mass is 392 g/mol. The standard InChI is InChI=1S/C12H17ClO3S2Si3/c1-19(10-13)14-20(2,11-6-4-8-17-11)16-21(3,15-19)12-7-5-9-18-12/h4-9H,10H2,1-3H3. The Bertz CT molecular complexity index is 561. The van der Waals surface area contributed by atoms with Gasteiger partial charge in [0.2, 0.25) is 0 Å². The van der Waals surface area contributed by atoms with Gasteiger partial charge >= 0.3 is 25.7 Å². The van der Waals surface area contributed by atoms with Crippen LogP contribution in [0.25, 0.3) is 0 Å². The van der Waals surface area contributed by atoms with Crippen LogP contribution in [-0.4, -0.2) is 31.2 Å². The Hall–Kier alpha value is 0.221. The Balaban J connectivity index is 2.04. The van der Waals surface area contributed by atoms with Crippen LogP contribution in [-0.2, 0) is 12.3 Å². The Kier molecular flexibility index (Phi) is 4.36. The summed E-state index contributed by atoms with van der Waals surface area (Å²) < 4.78 is 21.8. The summed E-state index contributed by atoms with van der Waals surface area (Å²) in [4.78, 5) is 0. The van der Waals surface area contributed by atoms with Gasteiger partial charge in [0.15, 0.2) is 0 Å². The van der Waals surface area contributed by atoms with E-state index in [1.165, 1.54) is 9.00 Å². The SMILES string of the molecule is C[Si]1(CCl)O[Si](C)(c2cccs2)O[Si](C)(c2cccs2)O1. The van der Waals surface area contributed by atoms with Gasteiger partial charge in [-0.3, -0.25) is 0 Å². The van der Waals surface area contributed by atoms with Gasteiger partial charge in [0.25, 0.3) is 0 Å². The van der Waals surface area contributed by atoms with Crippen LogP contribution in [0.2, 0.25) is 19.6 Å². The first-order valence-electron chi connectivity index (χ1n) is 6.64. The van der Waals surface area contributed by atoms with E-state index in [1.807, 2.05) is 12.1 Å². The van der Waals surface area contributed by atoms with Crippen molar-refractivity contribution in [1.29, 1.82) is 0 Å². The van der Waals surface area contributed by atoms with Gasteiger partial charge in [0, 0.05) is 9.00 Å². The Morgan fingerprint density at radius 1 is 0.905 bits per heavy atom. The lowest BCUT2D eigenvalue weighted by Crippen LogP contribution is -2.74. The van der Waals surface area contributed by atoms with Gasteiger partial charge in [0.1, 0.15) is 0 Å². The van der Waals surface area contributed by atoms with Crippen molar-refractivity contribution in [1.82, 2.24) is 0 Å². The van der Waals surface area contributed by atoms with E-state index in [0.717, 1.165) is 0 Å². The molecule has 2 aromatic rings. The molecule has 0 bridgehead atoms. The molecule has 114 valence electrons. The zero-order valence-electron chi connectivity index (χ0n) is 12.1. The third-order valence-electron chi connectivity index (χ3n) is 3.39. The largest absolute Gasteiger partial charge is 0.411 e. The summed E-state index contributed by atoms with van der Waals surface area (Å²) in [5, 5.41) is 4.14. The fourth-order valence-corrected chi connectivity index (χ4v) is 22.1. The van der Waals surface area contributed by atoms with Gasteiger partial charge in [-0.05, 0) is 42.5 Å². The zero-order valence-corrected chi connectivity index (χ0v) is 17.5. The average Bonchev–Trinajstić information content (AvgIpc) is 3.11. The molecule has 1 fully saturated rings. The molecule has 3 nitrogen and oxygen atoms in total. The topological polar surface area (TPSA) is 27.7 Å². The average molecular weight is 393 g/mol. The van der Waals surface area contributed by atoms with Crippen LogP contribution in [0.4, 0.5) is 0 Å². The molecule has 21 heavy (non-hydrogen) atoms. The predicted octanol–water partition coefficient (Wildman–Crippen LogP) is 2.98. The molecule has 0 N–H and O–H groups in total. The number of halogens is 1. The summed E-state index contributed by atoms with van der Waals surface area (Å²) >= 11 is 9.60. The van der Waals surface area contributed by atoms with Gasteiger partial charge in [-0.2, -0.15) is 0 Å². The van der Waals surface area contributed by atoms with E-state index >= 15 is 0 Å². The van der Waals surface area contributed by atoms with E-state index in [1.54, 1.807) is 22.7 Å². The first-order chi connectivity index (χ1) is 9.89. The van der Waals surface area contributed by atoms with Gasteiger partial charge in [0.05, 0.1) is 5.50 Å². The van der Waals surface area contributed by atoms with Crippen molar-refractivity contribution < 1.29 is 12.3 Å². The maximum absolute atomic E-state index is 6.58. The molecule has 2 aromatic heterocycles. The van der Waals surface area contributed by atoms with Crippen LogP contribution in [0.15, 0.2) is 35.0 Å². The first-order valence-corrected chi connectivity index (χ1v) is 16.1. The van der Waals surface area contributed by atoms with E-state index in [0.29, 0.717) is 5.50 Å². The lowest BCUT2D eigenvalue weighted by Gasteiger charge is -2.48. The van der Waals surface area contributed by atoms with E-state index in [9.17, 15) is 0 Å². The Morgan fingerprint density at radius 3 is 1.71 bits per heavy atom. The molecule has 0 saturated carbocycles. The molecule has 1 aliphatic heterocycles. The van der Waals surface area contributed by atoms with Crippen molar-refractivity contribution in [3.63, 3.8) is 0 Å². The zero-order chi connectivity index (χ0) is 15.1. The lowest BCUT2D eigenvalue weighted by atomic mass is 10.7. The van der Waals surface area contributed by atoms with Crippen molar-refractivity contribution in [2.24, 2.45) is 0 Å². The molecule has 2 unspecified atom stereocenters. The normalized spacial score (nSPS) is 36.8. The molecular weight excluding hydrogens is 376 g/mol. The summed E-state index contributed by atoms with van der Waals surface area (Å²) in [6.07, 6.45) is 0. The molecule has 0 aromatic carbocycles. The van der Waals surface area contributed by atoms with Crippen LogP contribution in [0.3, 0.4) is 0 Å². The summed E-state index contributed by atoms with van der Waals surface area (Å²) in [7, 11) is -7.35. The quantitative estimate of drug-likeness (QED) is 0.593. The Labute approximate surface area is 141 Å². The van der Waals surface area contributed by atoms with Crippen LogP contribution >= 0.6 is 34.3 Å². The number of hydrogen-bond acceptors (Lipinski definition) is 5. The molecule has 0 radical (unpaired) electrons. The van der Waals surface area contributed by atoms with E-state index in [4.69, 9.17) is 23.9 Å². The minimum Gasteiger partial charge on any atom is -0.411 e. The van der Waals surface area contributed by atoms with Gasteiger partial charge in [-0.15, -0.1) is 34.3 Å². The fourth-order valence-electron chi connectivity index (χ4n) is 2.59. The van der Waals surface area contributed by atoms with Gasteiger partial charge < -0.3 is 12.3 Å². The van der Waals surface area contributed by atoms with Crippen molar-refractivity contribution in [3.05, 3.63) is 35.0 Å². The molecule has 2 atom stereocenters. The Morgan fingerprint density at radius 2 is 1.38 bits per heavy atom.